The molecule has 2 fully saturated rings. The zero-order valence-corrected chi connectivity index (χ0v) is 15.2. The van der Waals surface area contributed by atoms with Crippen LogP contribution in [0.3, 0.4) is 0 Å². The molecule has 0 radical (unpaired) electrons. The molecule has 0 unspecified atom stereocenters. The van der Waals surface area contributed by atoms with Crippen LogP contribution in [-0.4, -0.2) is 47.2 Å². The van der Waals surface area contributed by atoms with Crippen LogP contribution in [0.25, 0.3) is 0 Å². The van der Waals surface area contributed by atoms with Crippen molar-refractivity contribution in [1.82, 2.24) is 15.1 Å². The van der Waals surface area contributed by atoms with Crippen LogP contribution in [0.5, 0.6) is 0 Å². The molecule has 2 aliphatic rings. The van der Waals surface area contributed by atoms with E-state index in [1.807, 2.05) is 17.0 Å². The van der Waals surface area contributed by atoms with E-state index < -0.39 is 0 Å². The lowest BCUT2D eigenvalue weighted by Gasteiger charge is -2.31. The first kappa shape index (κ1) is 17.0. The minimum atomic E-state index is 0.0173. The second kappa shape index (κ2) is 7.85. The highest BCUT2D eigenvalue weighted by molar-refractivity contribution is 5.92. The molecule has 0 aliphatic carbocycles. The third kappa shape index (κ3) is 3.87. The third-order valence-electron chi connectivity index (χ3n) is 5.57. The highest BCUT2D eigenvalue weighted by Gasteiger charge is 2.25. The van der Waals surface area contributed by atoms with Crippen molar-refractivity contribution in [3.63, 3.8) is 0 Å². The number of hydrogen-bond acceptors (Lipinski definition) is 4. The van der Waals surface area contributed by atoms with Gasteiger partial charge in [-0.1, -0.05) is 30.3 Å². The highest BCUT2D eigenvalue weighted by atomic mass is 16.2. The van der Waals surface area contributed by atoms with Gasteiger partial charge < -0.3 is 9.80 Å². The summed E-state index contributed by atoms with van der Waals surface area (Å²) in [5, 5.41) is 8.48. The number of carbonyl (C=O) groups is 1. The molecule has 3 heterocycles. The molecule has 0 N–H and O–H groups in total. The number of amides is 1. The van der Waals surface area contributed by atoms with Gasteiger partial charge in [0.15, 0.2) is 11.5 Å². The fourth-order valence-corrected chi connectivity index (χ4v) is 4.00. The van der Waals surface area contributed by atoms with Gasteiger partial charge >= 0.3 is 0 Å². The highest BCUT2D eigenvalue weighted by Crippen LogP contribution is 2.23. The summed E-state index contributed by atoms with van der Waals surface area (Å²) in [5.74, 6) is 1.56. The zero-order valence-electron chi connectivity index (χ0n) is 15.2. The Hall–Kier alpha value is -2.43. The van der Waals surface area contributed by atoms with Gasteiger partial charge in [0.2, 0.25) is 0 Å². The summed E-state index contributed by atoms with van der Waals surface area (Å²) >= 11 is 0. The zero-order chi connectivity index (χ0) is 17.8. The lowest BCUT2D eigenvalue weighted by molar-refractivity contribution is 0.0683. The van der Waals surface area contributed by atoms with Crippen molar-refractivity contribution in [2.75, 3.05) is 31.1 Å². The van der Waals surface area contributed by atoms with E-state index in [1.165, 1.54) is 18.4 Å². The van der Waals surface area contributed by atoms with Gasteiger partial charge in [-0.3, -0.25) is 4.79 Å². The lowest BCUT2D eigenvalue weighted by atomic mass is 9.90. The maximum atomic E-state index is 12.7. The Kier molecular flexibility index (Phi) is 5.14. The average molecular weight is 350 g/mol. The van der Waals surface area contributed by atoms with Crippen LogP contribution in [-0.2, 0) is 6.42 Å². The van der Waals surface area contributed by atoms with Crippen molar-refractivity contribution >= 4 is 11.7 Å². The smallest absolute Gasteiger partial charge is 0.274 e. The first-order valence-electron chi connectivity index (χ1n) is 9.71. The van der Waals surface area contributed by atoms with Crippen molar-refractivity contribution < 1.29 is 4.79 Å². The molecule has 1 amide bonds. The first-order chi connectivity index (χ1) is 12.8. The molecule has 5 heteroatoms. The number of carbonyl (C=O) groups excluding carboxylic acids is 1. The number of anilines is 1. The van der Waals surface area contributed by atoms with Crippen molar-refractivity contribution in [2.45, 2.75) is 32.1 Å². The Bertz CT molecular complexity index is 717. The molecule has 0 saturated carbocycles. The second-order valence-electron chi connectivity index (χ2n) is 7.40. The standard InChI is InChI=1S/C21H26N4O/c26-21(19-8-9-20(23-22-19)24-12-4-5-13-24)25-14-10-18(11-15-25)16-17-6-2-1-3-7-17/h1-3,6-9,18H,4-5,10-16H2. The number of benzene rings is 1. The minimum absolute atomic E-state index is 0.0173. The summed E-state index contributed by atoms with van der Waals surface area (Å²) in [6.07, 6.45) is 5.63. The van der Waals surface area contributed by atoms with E-state index in [2.05, 4.69) is 45.4 Å². The van der Waals surface area contributed by atoms with Crippen molar-refractivity contribution in [3.8, 4) is 0 Å². The van der Waals surface area contributed by atoms with Crippen LogP contribution < -0.4 is 4.90 Å². The van der Waals surface area contributed by atoms with Gasteiger partial charge in [-0.15, -0.1) is 10.2 Å². The Morgan fingerprint density at radius 2 is 1.65 bits per heavy atom. The second-order valence-corrected chi connectivity index (χ2v) is 7.40. The summed E-state index contributed by atoms with van der Waals surface area (Å²) < 4.78 is 0. The molecule has 136 valence electrons. The van der Waals surface area contributed by atoms with Gasteiger partial charge in [-0.25, -0.2) is 0 Å². The summed E-state index contributed by atoms with van der Waals surface area (Å²) in [6.45, 7) is 3.70. The van der Waals surface area contributed by atoms with Crippen molar-refractivity contribution in [2.24, 2.45) is 5.92 Å². The molecule has 2 aromatic rings. The van der Waals surface area contributed by atoms with Crippen LogP contribution in [0, 0.1) is 5.92 Å². The molecule has 26 heavy (non-hydrogen) atoms. The van der Waals surface area contributed by atoms with Gasteiger partial charge in [0.25, 0.3) is 5.91 Å². The molecule has 1 aromatic heterocycles. The van der Waals surface area contributed by atoms with E-state index in [1.54, 1.807) is 0 Å². The summed E-state index contributed by atoms with van der Waals surface area (Å²) in [6, 6.07) is 14.4. The minimum Gasteiger partial charge on any atom is -0.355 e. The molecular formula is C21H26N4O. The fourth-order valence-electron chi connectivity index (χ4n) is 4.00. The Balaban J connectivity index is 1.31. The Labute approximate surface area is 155 Å². The Morgan fingerprint density at radius 3 is 2.31 bits per heavy atom. The average Bonchev–Trinajstić information content (AvgIpc) is 3.24. The van der Waals surface area contributed by atoms with E-state index >= 15 is 0 Å². The third-order valence-corrected chi connectivity index (χ3v) is 5.57. The lowest BCUT2D eigenvalue weighted by Crippen LogP contribution is -2.39. The van der Waals surface area contributed by atoms with E-state index in [9.17, 15) is 4.79 Å². The van der Waals surface area contributed by atoms with Crippen LogP contribution in [0.4, 0.5) is 5.82 Å². The van der Waals surface area contributed by atoms with Crippen molar-refractivity contribution in [3.05, 3.63) is 53.7 Å². The van der Waals surface area contributed by atoms with Gasteiger partial charge in [0.05, 0.1) is 0 Å². The normalized spacial score (nSPS) is 18.3. The fraction of sp³-hybridized carbons (Fsp3) is 0.476. The maximum Gasteiger partial charge on any atom is 0.274 e. The number of aromatic nitrogens is 2. The van der Waals surface area contributed by atoms with Crippen LogP contribution in [0.1, 0.15) is 41.7 Å². The summed E-state index contributed by atoms with van der Waals surface area (Å²) in [5.41, 5.74) is 1.86. The number of hydrogen-bond donors (Lipinski definition) is 0. The van der Waals surface area contributed by atoms with Crippen LogP contribution in [0.15, 0.2) is 42.5 Å². The predicted molar refractivity (Wildman–Crippen MR) is 102 cm³/mol. The molecular weight excluding hydrogens is 324 g/mol. The number of rotatable bonds is 4. The molecule has 0 spiro atoms. The van der Waals surface area contributed by atoms with Crippen molar-refractivity contribution in [1.29, 1.82) is 0 Å². The van der Waals surface area contributed by atoms with Gasteiger partial charge in [-0.2, -0.15) is 0 Å². The molecule has 2 aliphatic heterocycles. The SMILES string of the molecule is O=C(c1ccc(N2CCCC2)nn1)N1CCC(Cc2ccccc2)CC1. The number of piperidine rings is 1. The summed E-state index contributed by atoms with van der Waals surface area (Å²) in [4.78, 5) is 16.9. The Morgan fingerprint density at radius 1 is 0.923 bits per heavy atom. The van der Waals surface area contributed by atoms with E-state index in [4.69, 9.17) is 0 Å². The number of nitrogens with zero attached hydrogens (tertiary/aromatic N) is 4. The van der Waals surface area contributed by atoms with Crippen LogP contribution in [0.2, 0.25) is 0 Å². The van der Waals surface area contributed by atoms with Gasteiger partial charge in [0.1, 0.15) is 0 Å². The van der Waals surface area contributed by atoms with E-state index in [0.29, 0.717) is 11.6 Å². The molecule has 2 saturated heterocycles. The molecule has 5 nitrogen and oxygen atoms in total. The van der Waals surface area contributed by atoms with E-state index in [0.717, 1.165) is 51.3 Å². The monoisotopic (exact) mass is 350 g/mol. The largest absolute Gasteiger partial charge is 0.355 e. The molecule has 0 atom stereocenters. The van der Waals surface area contributed by atoms with Gasteiger partial charge in [0, 0.05) is 26.2 Å². The van der Waals surface area contributed by atoms with E-state index in [-0.39, 0.29) is 5.91 Å². The first-order valence-corrected chi connectivity index (χ1v) is 9.71. The number of likely N-dealkylation sites (tertiary alicyclic amines) is 1. The topological polar surface area (TPSA) is 49.3 Å². The molecule has 0 bridgehead atoms. The molecule has 4 rings (SSSR count). The van der Waals surface area contributed by atoms with Crippen LogP contribution >= 0.6 is 0 Å². The predicted octanol–water partition coefficient (Wildman–Crippen LogP) is 3.17. The quantitative estimate of drug-likeness (QED) is 0.850. The maximum absolute atomic E-state index is 12.7. The summed E-state index contributed by atoms with van der Waals surface area (Å²) in [7, 11) is 0. The molecule has 1 aromatic carbocycles. The van der Waals surface area contributed by atoms with Gasteiger partial charge in [-0.05, 0) is 55.7 Å².